The molecule has 0 aromatic heterocycles. The van der Waals surface area contributed by atoms with Crippen LogP contribution in [0.4, 0.5) is 5.69 Å². The SMILES string of the molecule is CCCOP(=O)(OCCC)[C@@H](NC(=O)c1ccccc1[N+](=O)[O-])c1ccccc1. The highest BCUT2D eigenvalue weighted by atomic mass is 31.2. The molecule has 0 heterocycles. The van der Waals surface area contributed by atoms with Crippen LogP contribution in [0.15, 0.2) is 54.6 Å². The molecule has 2 aromatic carbocycles. The zero-order valence-corrected chi connectivity index (χ0v) is 17.3. The van der Waals surface area contributed by atoms with Crippen LogP contribution in [0.2, 0.25) is 0 Å². The van der Waals surface area contributed by atoms with Crippen molar-refractivity contribution in [2.45, 2.75) is 32.5 Å². The molecule has 1 N–H and O–H groups in total. The van der Waals surface area contributed by atoms with E-state index in [2.05, 4.69) is 5.32 Å². The number of hydrogen-bond donors (Lipinski definition) is 1. The number of nitro benzene ring substituents is 1. The first-order chi connectivity index (χ1) is 13.9. The molecule has 2 rings (SSSR count). The third-order valence-corrected chi connectivity index (χ3v) is 6.14. The molecular formula is C20H25N2O6P. The van der Waals surface area contributed by atoms with Gasteiger partial charge in [-0.1, -0.05) is 56.3 Å². The van der Waals surface area contributed by atoms with Crippen LogP contribution in [0.5, 0.6) is 0 Å². The van der Waals surface area contributed by atoms with Crippen molar-refractivity contribution >= 4 is 19.2 Å². The third-order valence-electron chi connectivity index (χ3n) is 4.00. The zero-order valence-electron chi connectivity index (χ0n) is 16.4. The first-order valence-electron chi connectivity index (χ1n) is 9.41. The van der Waals surface area contributed by atoms with Gasteiger partial charge in [0.15, 0.2) is 5.78 Å². The number of amides is 1. The summed E-state index contributed by atoms with van der Waals surface area (Å²) < 4.78 is 24.8. The molecule has 156 valence electrons. The van der Waals surface area contributed by atoms with E-state index >= 15 is 0 Å². The molecule has 0 unspecified atom stereocenters. The summed E-state index contributed by atoms with van der Waals surface area (Å²) in [6.45, 7) is 4.11. The van der Waals surface area contributed by atoms with Crippen LogP contribution >= 0.6 is 7.60 Å². The van der Waals surface area contributed by atoms with Crippen molar-refractivity contribution in [3.8, 4) is 0 Å². The average molecular weight is 420 g/mol. The van der Waals surface area contributed by atoms with Crippen LogP contribution in [0.1, 0.15) is 48.4 Å². The van der Waals surface area contributed by atoms with Gasteiger partial charge < -0.3 is 14.4 Å². The lowest BCUT2D eigenvalue weighted by molar-refractivity contribution is -0.385. The molecule has 2 aromatic rings. The topological polar surface area (TPSA) is 108 Å². The Morgan fingerprint density at radius 2 is 1.59 bits per heavy atom. The number of nitrogens with zero attached hydrogens (tertiary/aromatic N) is 1. The standard InChI is InChI=1S/C20H25N2O6P/c1-3-14-27-29(26,28-15-4-2)20(16-10-6-5-7-11-16)21-19(23)17-12-8-9-13-18(17)22(24)25/h5-13,20H,3-4,14-15H2,1-2H3,(H,21,23)/t20-/m1/s1. The second-order valence-electron chi connectivity index (χ2n) is 6.27. The monoisotopic (exact) mass is 420 g/mol. The molecule has 0 spiro atoms. The van der Waals surface area contributed by atoms with E-state index in [-0.39, 0.29) is 24.5 Å². The summed E-state index contributed by atoms with van der Waals surface area (Å²) in [5.41, 5.74) is 0.0570. The van der Waals surface area contributed by atoms with Gasteiger partial charge in [-0.05, 0) is 24.5 Å². The molecule has 1 amide bonds. The van der Waals surface area contributed by atoms with Crippen LogP contribution in [-0.4, -0.2) is 24.0 Å². The Bertz CT molecular complexity index is 862. The van der Waals surface area contributed by atoms with Crippen molar-refractivity contribution in [2.24, 2.45) is 0 Å². The van der Waals surface area contributed by atoms with Crippen LogP contribution < -0.4 is 5.32 Å². The number of rotatable bonds is 11. The van der Waals surface area contributed by atoms with Gasteiger partial charge in [0.2, 0.25) is 0 Å². The van der Waals surface area contributed by atoms with Crippen molar-refractivity contribution in [3.63, 3.8) is 0 Å². The van der Waals surface area contributed by atoms with Gasteiger partial charge in [0, 0.05) is 6.07 Å². The van der Waals surface area contributed by atoms with Crippen LogP contribution in [0, 0.1) is 10.1 Å². The smallest absolute Gasteiger partial charge is 0.334 e. The predicted octanol–water partition coefficient (Wildman–Crippen LogP) is 5.07. The normalized spacial score (nSPS) is 12.3. The maximum Gasteiger partial charge on any atom is 0.357 e. The highest BCUT2D eigenvalue weighted by molar-refractivity contribution is 7.54. The summed E-state index contributed by atoms with van der Waals surface area (Å²) in [7, 11) is -3.80. The van der Waals surface area contributed by atoms with Crippen LogP contribution in [0.3, 0.4) is 0 Å². The van der Waals surface area contributed by atoms with Gasteiger partial charge in [0.05, 0.1) is 18.1 Å². The summed E-state index contributed by atoms with van der Waals surface area (Å²) in [4.78, 5) is 23.6. The highest BCUT2D eigenvalue weighted by Gasteiger charge is 2.39. The number of nitro groups is 1. The number of para-hydroxylation sites is 1. The molecule has 0 radical (unpaired) electrons. The fourth-order valence-electron chi connectivity index (χ4n) is 2.63. The largest absolute Gasteiger partial charge is 0.357 e. The van der Waals surface area contributed by atoms with Gasteiger partial charge in [0.1, 0.15) is 5.56 Å². The van der Waals surface area contributed by atoms with E-state index in [1.807, 2.05) is 13.8 Å². The average Bonchev–Trinajstić information content (AvgIpc) is 2.75. The maximum atomic E-state index is 13.6. The molecule has 0 saturated heterocycles. The fraction of sp³-hybridized carbons (Fsp3) is 0.350. The van der Waals surface area contributed by atoms with Crippen LogP contribution in [-0.2, 0) is 13.6 Å². The van der Waals surface area contributed by atoms with Gasteiger partial charge in [-0.2, -0.15) is 0 Å². The number of benzene rings is 2. The van der Waals surface area contributed by atoms with E-state index in [0.29, 0.717) is 18.4 Å². The van der Waals surface area contributed by atoms with Crippen molar-refractivity contribution < 1.29 is 23.3 Å². The van der Waals surface area contributed by atoms with Crippen molar-refractivity contribution in [2.75, 3.05) is 13.2 Å². The van der Waals surface area contributed by atoms with Crippen molar-refractivity contribution in [3.05, 3.63) is 75.8 Å². The van der Waals surface area contributed by atoms with Gasteiger partial charge in [-0.15, -0.1) is 0 Å². The Balaban J connectivity index is 2.44. The Hall–Kier alpha value is -2.54. The van der Waals surface area contributed by atoms with E-state index in [4.69, 9.17) is 9.05 Å². The Morgan fingerprint density at radius 1 is 1.03 bits per heavy atom. The minimum Gasteiger partial charge on any atom is -0.334 e. The van der Waals surface area contributed by atoms with E-state index in [9.17, 15) is 19.5 Å². The number of carbonyl (C=O) groups excluding carboxylic acids is 1. The molecule has 0 aliphatic heterocycles. The highest BCUT2D eigenvalue weighted by Crippen LogP contribution is 2.60. The second-order valence-corrected chi connectivity index (χ2v) is 8.38. The van der Waals surface area contributed by atoms with Gasteiger partial charge in [-0.3, -0.25) is 19.5 Å². The Kier molecular flexibility index (Phi) is 8.51. The van der Waals surface area contributed by atoms with E-state index in [0.717, 1.165) is 0 Å². The van der Waals surface area contributed by atoms with E-state index in [1.165, 1.54) is 24.3 Å². The molecular weight excluding hydrogens is 395 g/mol. The summed E-state index contributed by atoms with van der Waals surface area (Å²) in [5, 5.41) is 13.9. The van der Waals surface area contributed by atoms with Crippen molar-refractivity contribution in [1.82, 2.24) is 5.32 Å². The minimum atomic E-state index is -3.80. The lowest BCUT2D eigenvalue weighted by Gasteiger charge is -2.28. The molecule has 0 saturated carbocycles. The van der Waals surface area contributed by atoms with Crippen LogP contribution in [0.25, 0.3) is 0 Å². The maximum absolute atomic E-state index is 13.6. The quantitative estimate of drug-likeness (QED) is 0.309. The van der Waals surface area contributed by atoms with Gasteiger partial charge in [0.25, 0.3) is 11.6 Å². The molecule has 0 aliphatic carbocycles. The Morgan fingerprint density at radius 3 is 2.14 bits per heavy atom. The van der Waals surface area contributed by atoms with E-state index < -0.39 is 24.2 Å². The van der Waals surface area contributed by atoms with Gasteiger partial charge in [-0.25, -0.2) is 0 Å². The fourth-order valence-corrected chi connectivity index (χ4v) is 4.69. The molecule has 0 aliphatic rings. The third kappa shape index (κ3) is 5.97. The molecule has 0 bridgehead atoms. The first kappa shape index (κ1) is 22.7. The molecule has 1 atom stereocenters. The number of nitrogens with one attached hydrogen (secondary N) is 1. The van der Waals surface area contributed by atoms with E-state index in [1.54, 1.807) is 30.3 Å². The summed E-state index contributed by atoms with van der Waals surface area (Å²) in [6, 6.07) is 14.3. The Labute approximate surface area is 169 Å². The minimum absolute atomic E-state index is 0.129. The molecule has 29 heavy (non-hydrogen) atoms. The number of hydrogen-bond acceptors (Lipinski definition) is 6. The summed E-state index contributed by atoms with van der Waals surface area (Å²) in [5.74, 6) is -1.83. The molecule has 8 nitrogen and oxygen atoms in total. The van der Waals surface area contributed by atoms with Crippen molar-refractivity contribution in [1.29, 1.82) is 0 Å². The molecule has 9 heteroatoms. The predicted molar refractivity (Wildman–Crippen MR) is 110 cm³/mol. The second kappa shape index (κ2) is 10.9. The lowest BCUT2D eigenvalue weighted by Crippen LogP contribution is -2.30. The summed E-state index contributed by atoms with van der Waals surface area (Å²) >= 11 is 0. The lowest BCUT2D eigenvalue weighted by atomic mass is 10.1. The summed E-state index contributed by atoms with van der Waals surface area (Å²) in [6.07, 6.45) is 1.22. The van der Waals surface area contributed by atoms with Gasteiger partial charge >= 0.3 is 7.60 Å². The molecule has 0 fully saturated rings. The number of carbonyl (C=O) groups is 1. The first-order valence-corrected chi connectivity index (χ1v) is 11.0. The zero-order chi connectivity index (χ0) is 21.3.